The summed E-state index contributed by atoms with van der Waals surface area (Å²) in [6, 6.07) is 7.82. The van der Waals surface area contributed by atoms with Crippen LogP contribution < -0.4 is 5.73 Å². The Balaban J connectivity index is 1.95. The maximum atomic E-state index is 5.84. The molecule has 0 fully saturated rings. The third kappa shape index (κ3) is 3.39. The molecular formula is C11H13ClN4S. The van der Waals surface area contributed by atoms with Crippen LogP contribution in [0.25, 0.3) is 0 Å². The number of anilines is 1. The number of halogens is 1. The number of nitrogens with zero attached hydrogens (tertiary/aromatic N) is 3. The quantitative estimate of drug-likeness (QED) is 0.925. The molecular weight excluding hydrogens is 256 g/mol. The highest BCUT2D eigenvalue weighted by Gasteiger charge is 2.08. The normalized spacial score (nSPS) is 11.0. The summed E-state index contributed by atoms with van der Waals surface area (Å²) < 4.78 is 3.82. The van der Waals surface area contributed by atoms with Gasteiger partial charge in [-0.25, -0.2) is 0 Å². The molecule has 0 aliphatic carbocycles. The highest BCUT2D eigenvalue weighted by molar-refractivity contribution is 7.09. The Kier molecular flexibility index (Phi) is 3.93. The van der Waals surface area contributed by atoms with E-state index in [-0.39, 0.29) is 0 Å². The van der Waals surface area contributed by atoms with E-state index >= 15 is 0 Å². The summed E-state index contributed by atoms with van der Waals surface area (Å²) in [7, 11) is 2.02. The average Bonchev–Trinajstić information content (AvgIpc) is 2.68. The van der Waals surface area contributed by atoms with Gasteiger partial charge in [-0.05, 0) is 24.7 Å². The van der Waals surface area contributed by atoms with Crippen molar-refractivity contribution in [3.63, 3.8) is 0 Å². The van der Waals surface area contributed by atoms with Crippen LogP contribution >= 0.6 is 23.1 Å². The molecule has 0 radical (unpaired) electrons. The maximum Gasteiger partial charge on any atom is 0.132 e. The van der Waals surface area contributed by atoms with Crippen LogP contribution in [-0.2, 0) is 13.1 Å². The fourth-order valence-corrected chi connectivity index (χ4v) is 2.10. The van der Waals surface area contributed by atoms with Crippen molar-refractivity contribution in [3.05, 3.63) is 40.5 Å². The summed E-state index contributed by atoms with van der Waals surface area (Å²) in [6.45, 7) is 1.53. The molecule has 17 heavy (non-hydrogen) atoms. The molecule has 4 nitrogen and oxygen atoms in total. The average molecular weight is 269 g/mol. The Morgan fingerprint density at radius 1 is 1.29 bits per heavy atom. The number of rotatable bonds is 4. The number of nitrogen functional groups attached to an aromatic ring is 1. The molecule has 90 valence electrons. The predicted molar refractivity (Wildman–Crippen MR) is 70.9 cm³/mol. The molecule has 0 saturated heterocycles. The molecule has 0 aliphatic heterocycles. The lowest BCUT2D eigenvalue weighted by Gasteiger charge is -2.15. The van der Waals surface area contributed by atoms with Gasteiger partial charge in [0.1, 0.15) is 10.7 Å². The number of aromatic nitrogens is 2. The minimum atomic E-state index is 0.688. The lowest BCUT2D eigenvalue weighted by Crippen LogP contribution is -2.18. The van der Waals surface area contributed by atoms with Crippen molar-refractivity contribution in [2.24, 2.45) is 0 Å². The first-order valence-corrected chi connectivity index (χ1v) is 6.30. The zero-order valence-electron chi connectivity index (χ0n) is 9.43. The number of hydrogen-bond donors (Lipinski definition) is 1. The maximum absolute atomic E-state index is 5.84. The summed E-state index contributed by atoms with van der Waals surface area (Å²) in [5.41, 5.74) is 7.80. The van der Waals surface area contributed by atoms with Crippen molar-refractivity contribution in [2.75, 3.05) is 12.8 Å². The summed E-state index contributed by atoms with van der Waals surface area (Å²) in [6.07, 6.45) is 0. The standard InChI is InChI=1S/C11H13ClN4S/c1-16(7-10-11(13)17-15-14-10)6-8-2-4-9(12)5-3-8/h2-5H,6-7,13H2,1H3. The molecule has 1 aromatic heterocycles. The third-order valence-corrected chi connectivity index (χ3v) is 3.22. The van der Waals surface area contributed by atoms with E-state index in [1.807, 2.05) is 31.3 Å². The van der Waals surface area contributed by atoms with E-state index in [0.717, 1.165) is 17.3 Å². The van der Waals surface area contributed by atoms with Gasteiger partial charge in [0.25, 0.3) is 0 Å². The van der Waals surface area contributed by atoms with E-state index in [4.69, 9.17) is 17.3 Å². The molecule has 0 saturated carbocycles. The van der Waals surface area contributed by atoms with E-state index < -0.39 is 0 Å². The van der Waals surface area contributed by atoms with E-state index in [1.54, 1.807) is 0 Å². The third-order valence-electron chi connectivity index (χ3n) is 2.37. The van der Waals surface area contributed by atoms with Crippen LogP contribution in [0.1, 0.15) is 11.3 Å². The van der Waals surface area contributed by atoms with Gasteiger partial charge in [-0.15, -0.1) is 5.10 Å². The first kappa shape index (κ1) is 12.3. The van der Waals surface area contributed by atoms with Crippen LogP contribution in [0.2, 0.25) is 5.02 Å². The number of hydrogen-bond acceptors (Lipinski definition) is 5. The van der Waals surface area contributed by atoms with Crippen LogP contribution in [0.5, 0.6) is 0 Å². The molecule has 0 bridgehead atoms. The Labute approximate surface area is 109 Å². The van der Waals surface area contributed by atoms with Gasteiger partial charge >= 0.3 is 0 Å². The minimum Gasteiger partial charge on any atom is -0.388 e. The van der Waals surface area contributed by atoms with Crippen molar-refractivity contribution in [3.8, 4) is 0 Å². The van der Waals surface area contributed by atoms with E-state index in [0.29, 0.717) is 11.5 Å². The smallest absolute Gasteiger partial charge is 0.132 e. The first-order valence-electron chi connectivity index (χ1n) is 5.15. The summed E-state index contributed by atoms with van der Waals surface area (Å²) >= 11 is 7.06. The molecule has 0 amide bonds. The summed E-state index contributed by atoms with van der Waals surface area (Å²) in [4.78, 5) is 2.14. The molecule has 6 heteroatoms. The molecule has 0 spiro atoms. The van der Waals surface area contributed by atoms with Gasteiger partial charge < -0.3 is 5.73 Å². The fourth-order valence-electron chi connectivity index (χ4n) is 1.54. The topological polar surface area (TPSA) is 55.0 Å². The van der Waals surface area contributed by atoms with Gasteiger partial charge in [-0.2, -0.15) is 0 Å². The van der Waals surface area contributed by atoms with Crippen molar-refractivity contribution < 1.29 is 0 Å². The summed E-state index contributed by atoms with van der Waals surface area (Å²) in [5, 5.41) is 5.43. The van der Waals surface area contributed by atoms with E-state index in [2.05, 4.69) is 14.5 Å². The predicted octanol–water partition coefficient (Wildman–Crippen LogP) is 2.41. The summed E-state index contributed by atoms with van der Waals surface area (Å²) in [5.74, 6) is 0. The molecule has 1 heterocycles. The first-order chi connectivity index (χ1) is 8.15. The Morgan fingerprint density at radius 3 is 2.59 bits per heavy atom. The van der Waals surface area contributed by atoms with Crippen LogP contribution in [0.4, 0.5) is 5.00 Å². The largest absolute Gasteiger partial charge is 0.388 e. The van der Waals surface area contributed by atoms with Gasteiger partial charge in [0, 0.05) is 29.6 Å². The van der Waals surface area contributed by atoms with Crippen LogP contribution in [0.15, 0.2) is 24.3 Å². The zero-order valence-corrected chi connectivity index (χ0v) is 11.0. The van der Waals surface area contributed by atoms with E-state index in [9.17, 15) is 0 Å². The van der Waals surface area contributed by atoms with Gasteiger partial charge in [0.2, 0.25) is 0 Å². The Bertz CT molecular complexity index is 482. The fraction of sp³-hybridized carbons (Fsp3) is 0.273. The molecule has 2 aromatic rings. The zero-order chi connectivity index (χ0) is 12.3. The Hall–Kier alpha value is -1.17. The second kappa shape index (κ2) is 5.44. The van der Waals surface area contributed by atoms with Crippen molar-refractivity contribution >= 4 is 28.1 Å². The van der Waals surface area contributed by atoms with Gasteiger partial charge in [0.15, 0.2) is 0 Å². The van der Waals surface area contributed by atoms with Crippen LogP contribution in [0, 0.1) is 0 Å². The van der Waals surface area contributed by atoms with Gasteiger partial charge in [-0.1, -0.05) is 28.2 Å². The van der Waals surface area contributed by atoms with Crippen LogP contribution in [0.3, 0.4) is 0 Å². The highest BCUT2D eigenvalue weighted by atomic mass is 35.5. The van der Waals surface area contributed by atoms with Crippen LogP contribution in [-0.4, -0.2) is 21.5 Å². The second-order valence-electron chi connectivity index (χ2n) is 3.88. The molecule has 0 atom stereocenters. The van der Waals surface area contributed by atoms with Crippen molar-refractivity contribution in [2.45, 2.75) is 13.1 Å². The highest BCUT2D eigenvalue weighted by Crippen LogP contribution is 2.16. The molecule has 2 rings (SSSR count). The van der Waals surface area contributed by atoms with Gasteiger partial charge in [0.05, 0.1) is 0 Å². The van der Waals surface area contributed by atoms with Crippen molar-refractivity contribution in [1.82, 2.24) is 14.5 Å². The molecule has 2 N–H and O–H groups in total. The molecule has 1 aromatic carbocycles. The monoisotopic (exact) mass is 268 g/mol. The lowest BCUT2D eigenvalue weighted by molar-refractivity contribution is 0.315. The number of benzene rings is 1. The van der Waals surface area contributed by atoms with Gasteiger partial charge in [-0.3, -0.25) is 4.90 Å². The SMILES string of the molecule is CN(Cc1ccc(Cl)cc1)Cc1nnsc1N. The second-order valence-corrected chi connectivity index (χ2v) is 5.10. The molecule has 0 unspecified atom stereocenters. The lowest BCUT2D eigenvalue weighted by atomic mass is 10.2. The van der Waals surface area contributed by atoms with Crippen molar-refractivity contribution in [1.29, 1.82) is 0 Å². The minimum absolute atomic E-state index is 0.688. The Morgan fingerprint density at radius 2 is 2.00 bits per heavy atom. The number of nitrogens with two attached hydrogens (primary N) is 1. The molecule has 0 aliphatic rings. The van der Waals surface area contributed by atoms with E-state index in [1.165, 1.54) is 17.1 Å².